The van der Waals surface area contributed by atoms with Crippen LogP contribution in [0.5, 0.6) is 0 Å². The zero-order valence-corrected chi connectivity index (χ0v) is 13.1. The van der Waals surface area contributed by atoms with Gasteiger partial charge in [-0.05, 0) is 32.1 Å². The second-order valence-corrected chi connectivity index (χ2v) is 6.46. The summed E-state index contributed by atoms with van der Waals surface area (Å²) in [6.07, 6.45) is 8.23. The lowest BCUT2D eigenvalue weighted by Gasteiger charge is -2.37. The third-order valence-electron chi connectivity index (χ3n) is 4.72. The quantitative estimate of drug-likeness (QED) is 0.903. The number of aryl methyl sites for hydroxylation is 2. The van der Waals surface area contributed by atoms with Crippen molar-refractivity contribution in [2.45, 2.75) is 82.8 Å². The Morgan fingerprint density at radius 3 is 2.76 bits per heavy atom. The maximum Gasteiger partial charge on any atom is 0.150 e. The molecular weight excluding hydrogens is 262 g/mol. The molecule has 0 bridgehead atoms. The summed E-state index contributed by atoms with van der Waals surface area (Å²) in [5, 5.41) is 18.0. The molecule has 0 spiro atoms. The zero-order valence-electron chi connectivity index (χ0n) is 13.1. The number of nitrogens with zero attached hydrogens (tertiary/aromatic N) is 4. The Hall–Kier alpha value is -1.41. The van der Waals surface area contributed by atoms with Gasteiger partial charge < -0.3 is 0 Å². The molecule has 5 heteroatoms. The average Bonchev–Trinajstić information content (AvgIpc) is 3.22. The van der Waals surface area contributed by atoms with Gasteiger partial charge in [0.1, 0.15) is 11.4 Å². The number of hydrogen-bond donors (Lipinski definition) is 1. The summed E-state index contributed by atoms with van der Waals surface area (Å²) in [6.45, 7) is 4.22. The van der Waals surface area contributed by atoms with Gasteiger partial charge in [0.05, 0.1) is 12.1 Å². The van der Waals surface area contributed by atoms with Crippen LogP contribution in [0.2, 0.25) is 0 Å². The minimum absolute atomic E-state index is 0.312. The van der Waals surface area contributed by atoms with Crippen molar-refractivity contribution in [1.82, 2.24) is 20.1 Å². The smallest absolute Gasteiger partial charge is 0.150 e. The van der Waals surface area contributed by atoms with Crippen molar-refractivity contribution in [3.05, 3.63) is 11.6 Å². The van der Waals surface area contributed by atoms with Gasteiger partial charge in [-0.3, -0.25) is 5.32 Å². The maximum atomic E-state index is 9.70. The SMILES string of the molecule is CCc1nc(CC)n(C2CCCC(C#N)(NC3CC3)C2)n1. The van der Waals surface area contributed by atoms with Crippen LogP contribution in [0.1, 0.15) is 70.1 Å². The van der Waals surface area contributed by atoms with Gasteiger partial charge in [0.25, 0.3) is 0 Å². The minimum Gasteiger partial charge on any atom is -0.297 e. The molecule has 0 aromatic carbocycles. The molecule has 2 atom stereocenters. The Balaban J connectivity index is 1.81. The van der Waals surface area contributed by atoms with Gasteiger partial charge in [-0.25, -0.2) is 9.67 Å². The van der Waals surface area contributed by atoms with Crippen LogP contribution in [-0.2, 0) is 12.8 Å². The van der Waals surface area contributed by atoms with E-state index in [4.69, 9.17) is 0 Å². The van der Waals surface area contributed by atoms with E-state index in [-0.39, 0.29) is 5.54 Å². The molecule has 5 nitrogen and oxygen atoms in total. The van der Waals surface area contributed by atoms with Crippen LogP contribution in [0.25, 0.3) is 0 Å². The van der Waals surface area contributed by atoms with Gasteiger partial charge in [0.15, 0.2) is 5.82 Å². The van der Waals surface area contributed by atoms with Gasteiger partial charge >= 0.3 is 0 Å². The van der Waals surface area contributed by atoms with Crippen molar-refractivity contribution >= 4 is 0 Å². The van der Waals surface area contributed by atoms with Crippen molar-refractivity contribution in [3.63, 3.8) is 0 Å². The summed E-state index contributed by atoms with van der Waals surface area (Å²) in [5.74, 6) is 1.99. The van der Waals surface area contributed by atoms with E-state index in [1.54, 1.807) is 0 Å². The third-order valence-corrected chi connectivity index (χ3v) is 4.72. The summed E-state index contributed by atoms with van der Waals surface area (Å²) >= 11 is 0. The maximum absolute atomic E-state index is 9.70. The molecule has 21 heavy (non-hydrogen) atoms. The fraction of sp³-hybridized carbons (Fsp3) is 0.812. The first-order valence-corrected chi connectivity index (χ1v) is 8.33. The van der Waals surface area contributed by atoms with E-state index in [1.807, 2.05) is 0 Å². The van der Waals surface area contributed by atoms with E-state index in [1.165, 1.54) is 12.8 Å². The van der Waals surface area contributed by atoms with E-state index in [2.05, 4.69) is 40.0 Å². The molecule has 1 aromatic rings. The molecule has 2 aliphatic rings. The normalized spacial score (nSPS) is 29.3. The third kappa shape index (κ3) is 2.96. The molecule has 1 N–H and O–H groups in total. The first-order chi connectivity index (χ1) is 10.2. The van der Waals surface area contributed by atoms with Gasteiger partial charge in [-0.15, -0.1) is 0 Å². The number of rotatable bonds is 5. The minimum atomic E-state index is -0.354. The van der Waals surface area contributed by atoms with E-state index >= 15 is 0 Å². The lowest BCUT2D eigenvalue weighted by Crippen LogP contribution is -2.49. The molecule has 0 saturated heterocycles. The highest BCUT2D eigenvalue weighted by atomic mass is 15.4. The van der Waals surface area contributed by atoms with E-state index in [0.29, 0.717) is 12.1 Å². The summed E-state index contributed by atoms with van der Waals surface area (Å²) in [6, 6.07) is 3.45. The van der Waals surface area contributed by atoms with Gasteiger partial charge in [-0.2, -0.15) is 10.4 Å². The predicted octanol–water partition coefficient (Wildman–Crippen LogP) is 2.53. The van der Waals surface area contributed by atoms with Crippen molar-refractivity contribution in [1.29, 1.82) is 5.26 Å². The fourth-order valence-electron chi connectivity index (χ4n) is 3.43. The Morgan fingerprint density at radius 2 is 2.14 bits per heavy atom. The number of aromatic nitrogens is 3. The first kappa shape index (κ1) is 14.5. The van der Waals surface area contributed by atoms with Gasteiger partial charge in [0, 0.05) is 25.3 Å². The second kappa shape index (κ2) is 5.76. The highest BCUT2D eigenvalue weighted by Crippen LogP contribution is 2.37. The van der Waals surface area contributed by atoms with Crippen molar-refractivity contribution in [2.75, 3.05) is 0 Å². The summed E-state index contributed by atoms with van der Waals surface area (Å²) in [7, 11) is 0. The molecule has 1 heterocycles. The predicted molar refractivity (Wildman–Crippen MR) is 80.8 cm³/mol. The van der Waals surface area contributed by atoms with Crippen LogP contribution in [0.4, 0.5) is 0 Å². The van der Waals surface area contributed by atoms with E-state index in [9.17, 15) is 5.26 Å². The van der Waals surface area contributed by atoms with Gasteiger partial charge in [-0.1, -0.05) is 13.8 Å². The Morgan fingerprint density at radius 1 is 1.33 bits per heavy atom. The highest BCUT2D eigenvalue weighted by Gasteiger charge is 2.41. The van der Waals surface area contributed by atoms with Crippen LogP contribution in [0.3, 0.4) is 0 Å². The second-order valence-electron chi connectivity index (χ2n) is 6.46. The monoisotopic (exact) mass is 287 g/mol. The lowest BCUT2D eigenvalue weighted by molar-refractivity contribution is 0.214. The highest BCUT2D eigenvalue weighted by molar-refractivity contribution is 5.13. The molecule has 3 rings (SSSR count). The summed E-state index contributed by atoms with van der Waals surface area (Å²) in [5.41, 5.74) is -0.354. The molecule has 1 aromatic heterocycles. The topological polar surface area (TPSA) is 66.5 Å². The van der Waals surface area contributed by atoms with Crippen LogP contribution >= 0.6 is 0 Å². The number of nitriles is 1. The summed E-state index contributed by atoms with van der Waals surface area (Å²) in [4.78, 5) is 4.62. The average molecular weight is 287 g/mol. The number of hydrogen-bond acceptors (Lipinski definition) is 4. The van der Waals surface area contributed by atoms with Crippen LogP contribution < -0.4 is 5.32 Å². The standard InChI is InChI=1S/C16H25N5/c1-3-14-18-15(4-2)21(20-14)13-6-5-9-16(10-13,11-17)19-12-7-8-12/h12-13,19H,3-10H2,1-2H3. The molecule has 0 radical (unpaired) electrons. The Bertz CT molecular complexity index is 539. The molecule has 0 aliphatic heterocycles. The van der Waals surface area contributed by atoms with Crippen molar-refractivity contribution < 1.29 is 0 Å². The molecule has 2 fully saturated rings. The molecule has 114 valence electrons. The molecule has 0 amide bonds. The molecule has 2 unspecified atom stereocenters. The Kier molecular flexibility index (Phi) is 3.99. The van der Waals surface area contributed by atoms with Crippen molar-refractivity contribution in [3.8, 4) is 6.07 Å². The number of nitrogens with one attached hydrogen (secondary N) is 1. The molecular formula is C16H25N5. The van der Waals surface area contributed by atoms with Crippen LogP contribution in [0, 0.1) is 11.3 Å². The fourth-order valence-corrected chi connectivity index (χ4v) is 3.43. The molecule has 2 aliphatic carbocycles. The molecule has 2 saturated carbocycles. The lowest BCUT2D eigenvalue weighted by atomic mass is 9.79. The summed E-state index contributed by atoms with van der Waals surface area (Å²) < 4.78 is 2.11. The van der Waals surface area contributed by atoms with Gasteiger partial charge in [0.2, 0.25) is 0 Å². The largest absolute Gasteiger partial charge is 0.297 e. The first-order valence-electron chi connectivity index (χ1n) is 8.33. The van der Waals surface area contributed by atoms with E-state index in [0.717, 1.165) is 50.2 Å². The van der Waals surface area contributed by atoms with Crippen LogP contribution in [-0.4, -0.2) is 26.3 Å². The van der Waals surface area contributed by atoms with E-state index < -0.39 is 0 Å². The van der Waals surface area contributed by atoms with Crippen LogP contribution in [0.15, 0.2) is 0 Å². The zero-order chi connectivity index (χ0) is 14.9. The Labute approximate surface area is 126 Å². The van der Waals surface area contributed by atoms with Crippen molar-refractivity contribution in [2.24, 2.45) is 0 Å².